The summed E-state index contributed by atoms with van der Waals surface area (Å²) in [6, 6.07) is 4.59. The Labute approximate surface area is 112 Å². The van der Waals surface area contributed by atoms with Crippen LogP contribution in [0.1, 0.15) is 47.2 Å². The smallest absolute Gasteiger partial charge is 0.275 e. The number of nitrogens with zero attached hydrogens (tertiary/aromatic N) is 1. The number of rotatable bonds is 4. The molecule has 1 aliphatic rings. The van der Waals surface area contributed by atoms with Crippen LogP contribution in [0, 0.1) is 0 Å². The van der Waals surface area contributed by atoms with Crippen molar-refractivity contribution in [3.63, 3.8) is 0 Å². The summed E-state index contributed by atoms with van der Waals surface area (Å²) in [6.07, 6.45) is 5.15. The molecular weight excluding hydrogens is 246 g/mol. The van der Waals surface area contributed by atoms with E-state index in [1.54, 1.807) is 0 Å². The van der Waals surface area contributed by atoms with E-state index in [9.17, 15) is 4.79 Å². The minimum Gasteiger partial charge on any atom is -0.295 e. The first-order chi connectivity index (χ1) is 8.74. The molecule has 2 rings (SSSR count). The van der Waals surface area contributed by atoms with Gasteiger partial charge in [-0.3, -0.25) is 15.1 Å². The highest BCUT2D eigenvalue weighted by Gasteiger charge is 2.21. The molecular formula is C13H21N3OS. The molecule has 2 heterocycles. The maximum absolute atomic E-state index is 11.4. The van der Waals surface area contributed by atoms with Gasteiger partial charge in [0.05, 0.1) is 4.88 Å². The number of likely N-dealkylation sites (tertiary alicyclic amines) is 1. The van der Waals surface area contributed by atoms with Crippen LogP contribution in [0.5, 0.6) is 0 Å². The molecule has 0 bridgehead atoms. The second-order valence-electron chi connectivity index (χ2n) is 4.77. The van der Waals surface area contributed by atoms with Gasteiger partial charge in [0, 0.05) is 17.5 Å². The van der Waals surface area contributed by atoms with Crippen LogP contribution in [0.15, 0.2) is 12.1 Å². The molecule has 3 N–H and O–H groups in total. The van der Waals surface area contributed by atoms with Crippen molar-refractivity contribution in [3.8, 4) is 0 Å². The van der Waals surface area contributed by atoms with Crippen LogP contribution in [0.2, 0.25) is 0 Å². The standard InChI is InChI=1S/C13H21N3OS/c1-2-10-5-3-4-8-16(10)9-11-6-7-12(18-11)13(17)15-14/h6-7,10H,2-5,8-9,14H2,1H3,(H,15,17). The average Bonchev–Trinajstić information content (AvgIpc) is 2.87. The molecule has 1 amide bonds. The van der Waals surface area contributed by atoms with Gasteiger partial charge in [0.2, 0.25) is 0 Å². The van der Waals surface area contributed by atoms with Gasteiger partial charge >= 0.3 is 0 Å². The number of thiophene rings is 1. The molecule has 1 aromatic heterocycles. The third kappa shape index (κ3) is 3.10. The number of hydrogen-bond donors (Lipinski definition) is 2. The van der Waals surface area contributed by atoms with Crippen molar-refractivity contribution >= 4 is 17.2 Å². The van der Waals surface area contributed by atoms with E-state index < -0.39 is 0 Å². The number of nitrogen functional groups attached to an aromatic ring is 1. The summed E-state index contributed by atoms with van der Waals surface area (Å²) in [4.78, 5) is 15.9. The number of nitrogens with one attached hydrogen (secondary N) is 1. The summed E-state index contributed by atoms with van der Waals surface area (Å²) in [5.41, 5.74) is 2.18. The lowest BCUT2D eigenvalue weighted by Crippen LogP contribution is -2.38. The molecule has 1 fully saturated rings. The zero-order chi connectivity index (χ0) is 13.0. The second-order valence-corrected chi connectivity index (χ2v) is 5.94. The van der Waals surface area contributed by atoms with Gasteiger partial charge in [0.25, 0.3) is 5.91 Å². The normalized spacial score (nSPS) is 20.9. The predicted octanol–water partition coefficient (Wildman–Crippen LogP) is 2.12. The second kappa shape index (κ2) is 6.31. The average molecular weight is 267 g/mol. The first-order valence-electron chi connectivity index (χ1n) is 6.58. The largest absolute Gasteiger partial charge is 0.295 e. The van der Waals surface area contributed by atoms with Gasteiger partial charge in [-0.1, -0.05) is 13.3 Å². The summed E-state index contributed by atoms with van der Waals surface area (Å²) in [7, 11) is 0. The van der Waals surface area contributed by atoms with E-state index in [2.05, 4.69) is 17.2 Å². The van der Waals surface area contributed by atoms with Crippen molar-refractivity contribution in [1.29, 1.82) is 0 Å². The minimum absolute atomic E-state index is 0.197. The fraction of sp³-hybridized carbons (Fsp3) is 0.615. The first-order valence-corrected chi connectivity index (χ1v) is 7.40. The zero-order valence-corrected chi connectivity index (χ0v) is 11.6. The van der Waals surface area contributed by atoms with E-state index in [4.69, 9.17) is 5.84 Å². The molecule has 0 saturated carbocycles. The Morgan fingerprint density at radius 3 is 3.11 bits per heavy atom. The molecule has 1 aromatic rings. The predicted molar refractivity (Wildman–Crippen MR) is 74.3 cm³/mol. The zero-order valence-electron chi connectivity index (χ0n) is 10.8. The molecule has 5 heteroatoms. The maximum atomic E-state index is 11.4. The van der Waals surface area contributed by atoms with Gasteiger partial charge in [-0.25, -0.2) is 5.84 Å². The van der Waals surface area contributed by atoms with Crippen molar-refractivity contribution in [2.75, 3.05) is 6.54 Å². The van der Waals surface area contributed by atoms with E-state index in [1.165, 1.54) is 48.4 Å². The number of carbonyl (C=O) groups excluding carboxylic acids is 1. The summed E-state index contributed by atoms with van der Waals surface area (Å²) in [6.45, 7) is 4.39. The van der Waals surface area contributed by atoms with Crippen LogP contribution in [0.25, 0.3) is 0 Å². The van der Waals surface area contributed by atoms with Crippen molar-refractivity contribution < 1.29 is 4.79 Å². The van der Waals surface area contributed by atoms with E-state index in [-0.39, 0.29) is 5.91 Å². The van der Waals surface area contributed by atoms with E-state index in [0.717, 1.165) is 6.54 Å². The van der Waals surface area contributed by atoms with Crippen LogP contribution < -0.4 is 11.3 Å². The number of hydrazine groups is 1. The number of hydrogen-bond acceptors (Lipinski definition) is 4. The van der Waals surface area contributed by atoms with Crippen LogP contribution in [0.4, 0.5) is 0 Å². The molecule has 4 nitrogen and oxygen atoms in total. The van der Waals surface area contributed by atoms with Crippen LogP contribution >= 0.6 is 11.3 Å². The molecule has 0 aliphatic carbocycles. The van der Waals surface area contributed by atoms with Crippen LogP contribution in [-0.2, 0) is 6.54 Å². The highest BCUT2D eigenvalue weighted by molar-refractivity contribution is 7.14. The Kier molecular flexibility index (Phi) is 4.74. The summed E-state index contributed by atoms with van der Waals surface area (Å²) in [5.74, 6) is 4.94. The lowest BCUT2D eigenvalue weighted by Gasteiger charge is -2.34. The Bertz CT molecular complexity index is 405. The van der Waals surface area contributed by atoms with Gasteiger partial charge in [-0.05, 0) is 37.9 Å². The molecule has 0 aromatic carbocycles. The molecule has 1 saturated heterocycles. The molecule has 1 unspecified atom stereocenters. The third-order valence-electron chi connectivity index (χ3n) is 3.60. The fourth-order valence-corrected chi connectivity index (χ4v) is 3.52. The Hall–Kier alpha value is -0.910. The number of amides is 1. The Balaban J connectivity index is 1.99. The van der Waals surface area contributed by atoms with Gasteiger partial charge < -0.3 is 0 Å². The van der Waals surface area contributed by atoms with Crippen molar-refractivity contribution in [2.45, 2.75) is 45.2 Å². The number of piperidine rings is 1. The fourth-order valence-electron chi connectivity index (χ4n) is 2.59. The number of carbonyl (C=O) groups is 1. The van der Waals surface area contributed by atoms with Gasteiger partial charge in [-0.2, -0.15) is 0 Å². The molecule has 0 radical (unpaired) electrons. The first kappa shape index (κ1) is 13.5. The molecule has 0 spiro atoms. The Morgan fingerprint density at radius 1 is 1.56 bits per heavy atom. The SMILES string of the molecule is CCC1CCCCN1Cc1ccc(C(=O)NN)s1. The summed E-state index contributed by atoms with van der Waals surface area (Å²) in [5, 5.41) is 0. The van der Waals surface area contributed by atoms with Crippen molar-refractivity contribution in [2.24, 2.45) is 5.84 Å². The van der Waals surface area contributed by atoms with Gasteiger partial charge in [0.1, 0.15) is 0 Å². The van der Waals surface area contributed by atoms with E-state index in [0.29, 0.717) is 10.9 Å². The van der Waals surface area contributed by atoms with Gasteiger partial charge in [-0.15, -0.1) is 11.3 Å². The lowest BCUT2D eigenvalue weighted by molar-refractivity contribution is 0.0957. The lowest BCUT2D eigenvalue weighted by atomic mass is 10.00. The Morgan fingerprint density at radius 2 is 2.39 bits per heavy atom. The van der Waals surface area contributed by atoms with E-state index >= 15 is 0 Å². The molecule has 1 aliphatic heterocycles. The molecule has 100 valence electrons. The molecule has 1 atom stereocenters. The number of nitrogens with two attached hydrogens (primary N) is 1. The van der Waals surface area contributed by atoms with E-state index in [1.807, 2.05) is 12.1 Å². The highest BCUT2D eigenvalue weighted by Crippen LogP contribution is 2.24. The van der Waals surface area contributed by atoms with Crippen molar-refractivity contribution in [1.82, 2.24) is 10.3 Å². The van der Waals surface area contributed by atoms with Crippen LogP contribution in [0.3, 0.4) is 0 Å². The summed E-state index contributed by atoms with van der Waals surface area (Å²) >= 11 is 1.54. The van der Waals surface area contributed by atoms with Gasteiger partial charge in [0.15, 0.2) is 0 Å². The summed E-state index contributed by atoms with van der Waals surface area (Å²) < 4.78 is 0. The third-order valence-corrected chi connectivity index (χ3v) is 4.66. The topological polar surface area (TPSA) is 58.4 Å². The quantitative estimate of drug-likeness (QED) is 0.499. The maximum Gasteiger partial charge on any atom is 0.275 e. The highest BCUT2D eigenvalue weighted by atomic mass is 32.1. The van der Waals surface area contributed by atoms with Crippen molar-refractivity contribution in [3.05, 3.63) is 21.9 Å². The minimum atomic E-state index is -0.197. The monoisotopic (exact) mass is 267 g/mol. The molecule has 18 heavy (non-hydrogen) atoms. The van der Waals surface area contributed by atoms with Crippen LogP contribution in [-0.4, -0.2) is 23.4 Å².